The first-order valence-electron chi connectivity index (χ1n) is 7.95. The number of H-pyrrole nitrogens is 1. The molecular formula is C18H16F3N3O. The van der Waals surface area contributed by atoms with Gasteiger partial charge in [-0.25, -0.2) is 0 Å². The number of hydrogen-bond donors (Lipinski definition) is 2. The summed E-state index contributed by atoms with van der Waals surface area (Å²) in [6.07, 6.45) is -2.66. The largest absolute Gasteiger partial charge is 0.402 e. The summed E-state index contributed by atoms with van der Waals surface area (Å²) in [5.74, 6) is 0. The minimum Gasteiger partial charge on any atom is -0.351 e. The van der Waals surface area contributed by atoms with Crippen molar-refractivity contribution in [2.75, 3.05) is 5.32 Å². The standard InChI is InChI=1S/C18H16F3N3O/c1-2-3-7-17(18(19,20)21)12-6-8-23-16(25)15(12)24-14-5-4-11(10-22)9-13(14)17/h4-6,8-9,24H,2-3,7H2,1H3,(H,23,25). The maximum Gasteiger partial charge on any atom is 0.402 e. The Bertz CT molecular complexity index is 911. The Balaban J connectivity index is 2.41. The molecule has 0 saturated heterocycles. The van der Waals surface area contributed by atoms with Crippen LogP contribution in [0.25, 0.3) is 0 Å². The van der Waals surface area contributed by atoms with Gasteiger partial charge in [0.05, 0.1) is 11.6 Å². The summed E-state index contributed by atoms with van der Waals surface area (Å²) in [5.41, 5.74) is -2.76. The summed E-state index contributed by atoms with van der Waals surface area (Å²) < 4.78 is 43.3. The van der Waals surface area contributed by atoms with Crippen LogP contribution >= 0.6 is 0 Å². The molecule has 1 unspecified atom stereocenters. The number of hydrogen-bond acceptors (Lipinski definition) is 3. The number of benzene rings is 1. The molecule has 1 aromatic heterocycles. The van der Waals surface area contributed by atoms with Gasteiger partial charge in [0, 0.05) is 17.4 Å². The second-order valence-electron chi connectivity index (χ2n) is 6.10. The first kappa shape index (κ1) is 17.1. The van der Waals surface area contributed by atoms with Crippen LogP contribution < -0.4 is 10.9 Å². The van der Waals surface area contributed by atoms with Crippen LogP contribution in [0.15, 0.2) is 35.3 Å². The van der Waals surface area contributed by atoms with Gasteiger partial charge in [-0.2, -0.15) is 18.4 Å². The molecule has 0 bridgehead atoms. The SMILES string of the molecule is CCCCC1(C(F)(F)F)c2cc(C#N)ccc2Nc2c1cc[nH]c2=O. The number of nitriles is 1. The zero-order chi connectivity index (χ0) is 18.2. The van der Waals surface area contributed by atoms with Gasteiger partial charge in [0.15, 0.2) is 0 Å². The first-order valence-corrected chi connectivity index (χ1v) is 7.95. The highest BCUT2D eigenvalue weighted by Gasteiger charge is 2.59. The number of anilines is 2. The van der Waals surface area contributed by atoms with E-state index in [2.05, 4.69) is 10.3 Å². The Kier molecular flexibility index (Phi) is 4.07. The number of rotatable bonds is 3. The molecule has 3 rings (SSSR count). The van der Waals surface area contributed by atoms with Crippen molar-refractivity contribution in [1.29, 1.82) is 5.26 Å². The zero-order valence-electron chi connectivity index (χ0n) is 13.5. The number of alkyl halides is 3. The van der Waals surface area contributed by atoms with E-state index in [1.807, 2.05) is 13.0 Å². The lowest BCUT2D eigenvalue weighted by Gasteiger charge is -2.42. The first-order chi connectivity index (χ1) is 11.8. The number of nitrogens with zero attached hydrogens (tertiary/aromatic N) is 1. The van der Waals surface area contributed by atoms with Crippen molar-refractivity contribution in [3.8, 4) is 6.07 Å². The summed E-state index contributed by atoms with van der Waals surface area (Å²) in [6.45, 7) is 1.82. The zero-order valence-corrected chi connectivity index (χ0v) is 13.5. The Labute approximate surface area is 142 Å². The molecule has 0 aliphatic carbocycles. The number of fused-ring (bicyclic) bond motifs is 2. The fourth-order valence-corrected chi connectivity index (χ4v) is 3.47. The van der Waals surface area contributed by atoms with Gasteiger partial charge in [-0.15, -0.1) is 0 Å². The molecule has 2 heterocycles. The normalized spacial score (nSPS) is 18.7. The lowest BCUT2D eigenvalue weighted by molar-refractivity contribution is -0.180. The smallest absolute Gasteiger partial charge is 0.351 e. The van der Waals surface area contributed by atoms with Crippen LogP contribution in [0.3, 0.4) is 0 Å². The number of aromatic amines is 1. The van der Waals surface area contributed by atoms with E-state index in [4.69, 9.17) is 5.26 Å². The Morgan fingerprint density at radius 3 is 2.64 bits per heavy atom. The monoisotopic (exact) mass is 347 g/mol. The third kappa shape index (κ3) is 2.49. The van der Waals surface area contributed by atoms with Gasteiger partial charge in [-0.3, -0.25) is 4.79 Å². The fourth-order valence-electron chi connectivity index (χ4n) is 3.47. The lowest BCUT2D eigenvalue weighted by Crippen LogP contribution is -2.47. The van der Waals surface area contributed by atoms with Crippen molar-refractivity contribution in [2.24, 2.45) is 0 Å². The number of aromatic nitrogens is 1. The third-order valence-corrected chi connectivity index (χ3v) is 4.68. The van der Waals surface area contributed by atoms with E-state index in [1.165, 1.54) is 30.5 Å². The van der Waals surface area contributed by atoms with Gasteiger partial charge in [-0.05, 0) is 36.2 Å². The highest BCUT2D eigenvalue weighted by molar-refractivity contribution is 5.76. The van der Waals surface area contributed by atoms with Crippen molar-refractivity contribution in [1.82, 2.24) is 4.98 Å². The number of nitrogens with one attached hydrogen (secondary N) is 2. The summed E-state index contributed by atoms with van der Waals surface area (Å²) >= 11 is 0. The summed E-state index contributed by atoms with van der Waals surface area (Å²) in [5, 5.41) is 11.9. The Hall–Kier alpha value is -2.75. The second kappa shape index (κ2) is 5.96. The molecule has 1 aliphatic rings. The molecule has 0 fully saturated rings. The van der Waals surface area contributed by atoms with Crippen LogP contribution in [0.2, 0.25) is 0 Å². The van der Waals surface area contributed by atoms with Crippen molar-refractivity contribution < 1.29 is 13.2 Å². The minimum absolute atomic E-state index is 0.00870. The minimum atomic E-state index is -4.62. The number of halogens is 3. The molecule has 0 amide bonds. The van der Waals surface area contributed by atoms with Crippen LogP contribution in [0, 0.1) is 11.3 Å². The average Bonchev–Trinajstić information content (AvgIpc) is 2.58. The number of pyridine rings is 1. The quantitative estimate of drug-likeness (QED) is 0.868. The van der Waals surface area contributed by atoms with E-state index >= 15 is 0 Å². The maximum atomic E-state index is 14.4. The molecule has 7 heteroatoms. The predicted octanol–water partition coefficient (Wildman–Crippen LogP) is 4.34. The van der Waals surface area contributed by atoms with Gasteiger partial charge < -0.3 is 10.3 Å². The molecule has 4 nitrogen and oxygen atoms in total. The molecule has 0 radical (unpaired) electrons. The lowest BCUT2D eigenvalue weighted by atomic mass is 9.67. The van der Waals surface area contributed by atoms with Crippen LogP contribution in [-0.2, 0) is 5.41 Å². The molecule has 2 N–H and O–H groups in total. The van der Waals surface area contributed by atoms with E-state index < -0.39 is 17.2 Å². The Morgan fingerprint density at radius 2 is 2.00 bits per heavy atom. The molecule has 1 aliphatic heterocycles. The molecule has 0 spiro atoms. The van der Waals surface area contributed by atoms with Gasteiger partial charge in [0.1, 0.15) is 11.1 Å². The molecule has 25 heavy (non-hydrogen) atoms. The number of unbranched alkanes of at least 4 members (excludes halogenated alkanes) is 1. The third-order valence-electron chi connectivity index (χ3n) is 4.68. The van der Waals surface area contributed by atoms with Crippen LogP contribution in [0.4, 0.5) is 24.5 Å². The van der Waals surface area contributed by atoms with Crippen molar-refractivity contribution in [3.63, 3.8) is 0 Å². The van der Waals surface area contributed by atoms with E-state index in [-0.39, 0.29) is 34.5 Å². The van der Waals surface area contributed by atoms with Gasteiger partial charge in [0.25, 0.3) is 5.56 Å². The molecule has 1 aromatic carbocycles. The molecule has 0 saturated carbocycles. The van der Waals surface area contributed by atoms with Crippen LogP contribution in [0.1, 0.15) is 42.9 Å². The van der Waals surface area contributed by atoms with Crippen molar-refractivity contribution in [3.05, 3.63) is 57.5 Å². The molecule has 130 valence electrons. The average molecular weight is 347 g/mol. The van der Waals surface area contributed by atoms with Gasteiger partial charge in [0.2, 0.25) is 0 Å². The summed E-state index contributed by atoms with van der Waals surface area (Å²) in [7, 11) is 0. The molecular weight excluding hydrogens is 331 g/mol. The van der Waals surface area contributed by atoms with E-state index in [0.717, 1.165) is 0 Å². The predicted molar refractivity (Wildman–Crippen MR) is 87.9 cm³/mol. The summed E-state index contributed by atoms with van der Waals surface area (Å²) in [4.78, 5) is 14.6. The summed E-state index contributed by atoms with van der Waals surface area (Å²) in [6, 6.07) is 7.33. The molecule has 1 atom stereocenters. The van der Waals surface area contributed by atoms with Crippen molar-refractivity contribution in [2.45, 2.75) is 37.8 Å². The fraction of sp³-hybridized carbons (Fsp3) is 0.333. The van der Waals surface area contributed by atoms with Crippen LogP contribution in [0.5, 0.6) is 0 Å². The van der Waals surface area contributed by atoms with E-state index in [9.17, 15) is 18.0 Å². The second-order valence-corrected chi connectivity index (χ2v) is 6.10. The topological polar surface area (TPSA) is 68.7 Å². The molecule has 2 aromatic rings. The van der Waals surface area contributed by atoms with Crippen molar-refractivity contribution >= 4 is 11.4 Å². The maximum absolute atomic E-state index is 14.4. The highest BCUT2D eigenvalue weighted by Crippen LogP contribution is 2.56. The van der Waals surface area contributed by atoms with E-state index in [1.54, 1.807) is 0 Å². The van der Waals surface area contributed by atoms with Gasteiger partial charge in [-0.1, -0.05) is 19.8 Å². The van der Waals surface area contributed by atoms with Gasteiger partial charge >= 0.3 is 6.18 Å². The highest BCUT2D eigenvalue weighted by atomic mass is 19.4. The Morgan fingerprint density at radius 1 is 1.24 bits per heavy atom. The van der Waals surface area contributed by atoms with E-state index in [0.29, 0.717) is 12.8 Å². The van der Waals surface area contributed by atoms with Crippen LogP contribution in [-0.4, -0.2) is 11.2 Å².